The molecule has 0 atom stereocenters. The van der Waals surface area contributed by atoms with Crippen LogP contribution in [0.1, 0.15) is 23.0 Å². The number of hydrogen-bond acceptors (Lipinski definition) is 6. The Morgan fingerprint density at radius 3 is 2.89 bits per heavy atom. The zero-order valence-electron chi connectivity index (χ0n) is 14.1. The van der Waals surface area contributed by atoms with Crippen LogP contribution in [0.2, 0.25) is 0 Å². The fourth-order valence-electron chi connectivity index (χ4n) is 2.73. The van der Waals surface area contributed by atoms with Crippen molar-refractivity contribution in [2.24, 2.45) is 4.99 Å². The predicted molar refractivity (Wildman–Crippen MR) is 93.3 cm³/mol. The molecule has 0 saturated heterocycles. The summed E-state index contributed by atoms with van der Waals surface area (Å²) in [6.45, 7) is 1.70. The molecule has 1 aromatic carbocycles. The molecule has 0 unspecified atom stereocenters. The number of rotatable bonds is 3. The van der Waals surface area contributed by atoms with Crippen molar-refractivity contribution in [2.75, 3.05) is 0 Å². The van der Waals surface area contributed by atoms with Crippen molar-refractivity contribution in [1.82, 2.24) is 5.06 Å². The molecule has 1 amide bonds. The molecule has 1 N–H and O–H groups in total. The first kappa shape index (κ1) is 16.5. The van der Waals surface area contributed by atoms with Gasteiger partial charge in [0.2, 0.25) is 0 Å². The van der Waals surface area contributed by atoms with Crippen molar-refractivity contribution in [3.63, 3.8) is 0 Å². The molecule has 8 heteroatoms. The van der Waals surface area contributed by atoms with E-state index < -0.39 is 11.9 Å². The number of carboxylic acids is 1. The van der Waals surface area contributed by atoms with Gasteiger partial charge in [-0.1, -0.05) is 18.2 Å². The lowest BCUT2D eigenvalue weighted by Crippen LogP contribution is -2.38. The largest absolute Gasteiger partial charge is 0.545 e. The van der Waals surface area contributed by atoms with Crippen molar-refractivity contribution >= 4 is 29.6 Å². The van der Waals surface area contributed by atoms with Crippen LogP contribution in [0.4, 0.5) is 0 Å². The van der Waals surface area contributed by atoms with E-state index in [4.69, 9.17) is 14.7 Å². The highest BCUT2D eigenvalue weighted by Crippen LogP contribution is 2.27. The average molecular weight is 362 g/mol. The van der Waals surface area contributed by atoms with Crippen molar-refractivity contribution in [1.29, 1.82) is 5.41 Å². The lowest BCUT2D eigenvalue weighted by Gasteiger charge is -2.22. The van der Waals surface area contributed by atoms with E-state index in [-0.39, 0.29) is 22.8 Å². The number of allylic oxidation sites excluding steroid dienone is 1. The van der Waals surface area contributed by atoms with Gasteiger partial charge in [-0.05, 0) is 36.8 Å². The summed E-state index contributed by atoms with van der Waals surface area (Å²) in [5.41, 5.74) is 0.601. The minimum Gasteiger partial charge on any atom is -0.545 e. The third-order valence-electron chi connectivity index (χ3n) is 3.98. The number of aromatic carboxylic acids is 1. The Kier molecular flexibility index (Phi) is 3.73. The topological polar surface area (TPSA) is 119 Å². The Morgan fingerprint density at radius 2 is 2.11 bits per heavy atom. The number of hydrogen-bond donors (Lipinski definition) is 1. The first-order valence-corrected chi connectivity index (χ1v) is 7.94. The first-order valence-electron chi connectivity index (χ1n) is 7.94. The third kappa shape index (κ3) is 2.93. The van der Waals surface area contributed by atoms with E-state index in [2.05, 4.69) is 4.99 Å². The molecular weight excluding hydrogens is 350 g/mol. The molecule has 1 aromatic heterocycles. The molecule has 0 radical (unpaired) electrons. The summed E-state index contributed by atoms with van der Waals surface area (Å²) in [6.07, 6.45) is 2.96. The van der Waals surface area contributed by atoms with Gasteiger partial charge in [-0.15, -0.1) is 5.06 Å². The van der Waals surface area contributed by atoms with Gasteiger partial charge in [-0.2, -0.15) is 4.99 Å². The number of carboxylic acid groups (broad SMARTS) is 1. The normalized spacial score (nSPS) is 17.5. The van der Waals surface area contributed by atoms with E-state index in [1.165, 1.54) is 18.2 Å². The highest BCUT2D eigenvalue weighted by atomic mass is 16.7. The number of furan rings is 1. The van der Waals surface area contributed by atoms with Crippen LogP contribution in [-0.4, -0.2) is 28.6 Å². The minimum absolute atomic E-state index is 0.0197. The van der Waals surface area contributed by atoms with Gasteiger partial charge in [0.25, 0.3) is 5.91 Å². The Balaban J connectivity index is 1.65. The number of aliphatic imine (C=N–C) groups is 1. The van der Waals surface area contributed by atoms with E-state index in [0.717, 1.165) is 5.06 Å². The summed E-state index contributed by atoms with van der Waals surface area (Å²) in [4.78, 5) is 32.5. The van der Waals surface area contributed by atoms with Crippen LogP contribution >= 0.6 is 0 Å². The quantitative estimate of drug-likeness (QED) is 0.831. The zero-order valence-corrected chi connectivity index (χ0v) is 14.1. The fourth-order valence-corrected chi connectivity index (χ4v) is 2.73. The Bertz CT molecular complexity index is 1090. The van der Waals surface area contributed by atoms with Crippen LogP contribution in [0.15, 0.2) is 63.2 Å². The minimum atomic E-state index is -1.28. The molecule has 0 fully saturated rings. The summed E-state index contributed by atoms with van der Waals surface area (Å²) in [7, 11) is 0. The summed E-state index contributed by atoms with van der Waals surface area (Å²) in [5, 5.41) is 20.3. The van der Waals surface area contributed by atoms with Gasteiger partial charge in [0.15, 0.2) is 11.7 Å². The van der Waals surface area contributed by atoms with Gasteiger partial charge < -0.3 is 19.2 Å². The standard InChI is InChI=1S/C19H13N3O5/c1-10-7-16-21-18(23)14(17(20)22(16)27-10)9-13-5-6-15(26-13)11-3-2-4-12(8-11)19(24)25/h2-9,20H,1H3,(H,24,25)/p-1/b14-9+,20-17?. The highest BCUT2D eigenvalue weighted by Gasteiger charge is 2.34. The molecule has 27 heavy (non-hydrogen) atoms. The van der Waals surface area contributed by atoms with Crippen LogP contribution in [0, 0.1) is 5.41 Å². The maximum absolute atomic E-state index is 12.2. The van der Waals surface area contributed by atoms with E-state index in [0.29, 0.717) is 22.8 Å². The van der Waals surface area contributed by atoms with Crippen molar-refractivity contribution in [3.8, 4) is 11.3 Å². The Hall–Kier alpha value is -3.94. The smallest absolute Gasteiger partial charge is 0.283 e. The van der Waals surface area contributed by atoms with Crippen molar-refractivity contribution < 1.29 is 24.0 Å². The second kappa shape index (κ2) is 6.10. The van der Waals surface area contributed by atoms with Crippen LogP contribution in [0.3, 0.4) is 0 Å². The van der Waals surface area contributed by atoms with E-state index in [1.54, 1.807) is 37.3 Å². The van der Waals surface area contributed by atoms with Crippen LogP contribution in [0.5, 0.6) is 0 Å². The van der Waals surface area contributed by atoms with Gasteiger partial charge in [-0.25, -0.2) is 0 Å². The van der Waals surface area contributed by atoms with E-state index in [9.17, 15) is 14.7 Å². The number of nitrogens with zero attached hydrogens (tertiary/aromatic N) is 2. The third-order valence-corrected chi connectivity index (χ3v) is 3.98. The van der Waals surface area contributed by atoms with Gasteiger partial charge in [0, 0.05) is 11.6 Å². The number of amidine groups is 2. The molecular formula is C19H12N3O5-. The van der Waals surface area contributed by atoms with Gasteiger partial charge in [0.1, 0.15) is 17.3 Å². The molecule has 3 heterocycles. The maximum atomic E-state index is 12.2. The molecule has 2 aromatic rings. The van der Waals surface area contributed by atoms with Gasteiger partial charge in [-0.3, -0.25) is 10.2 Å². The van der Waals surface area contributed by atoms with Crippen molar-refractivity contribution in [2.45, 2.75) is 6.92 Å². The van der Waals surface area contributed by atoms with Crippen LogP contribution in [-0.2, 0) is 9.63 Å². The Morgan fingerprint density at radius 1 is 1.30 bits per heavy atom. The first-order chi connectivity index (χ1) is 12.9. The van der Waals surface area contributed by atoms with Crippen molar-refractivity contribution in [3.05, 3.63) is 65.1 Å². The average Bonchev–Trinajstić information content (AvgIpc) is 3.25. The SMILES string of the molecule is CC1=CC2=NC(=O)/C(=C/c3ccc(-c4cccc(C(=O)[O-])c4)o3)C(=N)N2O1. The zero-order chi connectivity index (χ0) is 19.1. The Labute approximate surface area is 153 Å². The molecule has 4 rings (SSSR count). The monoisotopic (exact) mass is 362 g/mol. The summed E-state index contributed by atoms with van der Waals surface area (Å²) in [6, 6.07) is 9.39. The lowest BCUT2D eigenvalue weighted by atomic mass is 10.1. The molecule has 0 spiro atoms. The molecule has 0 saturated carbocycles. The molecule has 134 valence electrons. The summed E-state index contributed by atoms with van der Waals surface area (Å²) < 4.78 is 5.68. The van der Waals surface area contributed by atoms with Gasteiger partial charge in [0.05, 0.1) is 11.5 Å². The number of amides is 1. The number of benzene rings is 1. The van der Waals surface area contributed by atoms with Crippen LogP contribution < -0.4 is 5.11 Å². The number of carbonyl (C=O) groups excluding carboxylic acids is 2. The molecule has 2 aliphatic rings. The maximum Gasteiger partial charge on any atom is 0.283 e. The lowest BCUT2D eigenvalue weighted by molar-refractivity contribution is -0.255. The highest BCUT2D eigenvalue weighted by molar-refractivity contribution is 6.32. The fraction of sp³-hybridized carbons (Fsp3) is 0.0526. The second-order valence-corrected chi connectivity index (χ2v) is 5.89. The summed E-state index contributed by atoms with van der Waals surface area (Å²) in [5.74, 6) is -0.472. The number of fused-ring (bicyclic) bond motifs is 1. The van der Waals surface area contributed by atoms with Gasteiger partial charge >= 0.3 is 0 Å². The molecule has 0 bridgehead atoms. The number of nitrogens with one attached hydrogen (secondary N) is 1. The molecule has 8 nitrogen and oxygen atoms in total. The van der Waals surface area contributed by atoms with E-state index in [1.807, 2.05) is 0 Å². The predicted octanol–water partition coefficient (Wildman–Crippen LogP) is 1.76. The molecule has 2 aliphatic heterocycles. The van der Waals surface area contributed by atoms with E-state index >= 15 is 0 Å². The summed E-state index contributed by atoms with van der Waals surface area (Å²) >= 11 is 0. The second-order valence-electron chi connectivity index (χ2n) is 5.89. The number of carbonyl (C=O) groups is 2. The number of hydroxylamine groups is 2. The molecule has 0 aliphatic carbocycles. The van der Waals surface area contributed by atoms with Crippen LogP contribution in [0.25, 0.3) is 17.4 Å².